The van der Waals surface area contributed by atoms with Crippen molar-refractivity contribution in [3.8, 4) is 0 Å². The van der Waals surface area contributed by atoms with Gasteiger partial charge in [0.05, 0.1) is 5.52 Å². The Morgan fingerprint density at radius 2 is 2.05 bits per heavy atom. The van der Waals surface area contributed by atoms with Crippen molar-refractivity contribution in [3.63, 3.8) is 0 Å². The van der Waals surface area contributed by atoms with Crippen LogP contribution in [0.5, 0.6) is 0 Å². The molecule has 0 aliphatic rings. The Hall–Kier alpha value is -1.92. The summed E-state index contributed by atoms with van der Waals surface area (Å²) in [6, 6.07) is 10.3. The van der Waals surface area contributed by atoms with Crippen molar-refractivity contribution in [2.45, 2.75) is 24.4 Å². The van der Waals surface area contributed by atoms with Crippen molar-refractivity contribution in [2.75, 3.05) is 0 Å². The number of hydrogen-bond donors (Lipinski definition) is 1. The summed E-state index contributed by atoms with van der Waals surface area (Å²) in [5, 5.41) is 19.2. The number of aryl methyl sites for hydroxylation is 1. The smallest absolute Gasteiger partial charge is 0.191 e. The molecule has 0 saturated carbocycles. The van der Waals surface area contributed by atoms with Gasteiger partial charge in [0.25, 0.3) is 0 Å². The van der Waals surface area contributed by atoms with Gasteiger partial charge >= 0.3 is 0 Å². The number of fused-ring (bicyclic) bond motifs is 1. The van der Waals surface area contributed by atoms with Crippen LogP contribution in [0.2, 0.25) is 0 Å². The molecule has 0 atom stereocenters. The number of para-hydroxylation sites is 1. The van der Waals surface area contributed by atoms with Crippen molar-refractivity contribution in [1.82, 2.24) is 19.7 Å². The lowest BCUT2D eigenvalue weighted by Gasteiger charge is -2.07. The first-order chi connectivity index (χ1) is 10.2. The zero-order chi connectivity index (χ0) is 14.8. The molecule has 0 amide bonds. The van der Waals surface area contributed by atoms with Crippen molar-refractivity contribution in [2.24, 2.45) is 7.05 Å². The predicted molar refractivity (Wildman–Crippen MR) is 83.0 cm³/mol. The van der Waals surface area contributed by atoms with E-state index in [9.17, 15) is 0 Å². The highest BCUT2D eigenvalue weighted by Gasteiger charge is 2.10. The fourth-order valence-electron chi connectivity index (χ4n) is 2.26. The molecule has 0 unspecified atom stereocenters. The molecule has 0 aliphatic heterocycles. The molecule has 3 aromatic rings. The second-order valence-electron chi connectivity index (χ2n) is 4.84. The number of aliphatic hydroxyl groups excluding tert-OH is 1. The molecule has 0 saturated heterocycles. The average molecular weight is 300 g/mol. The minimum absolute atomic E-state index is 0.0959. The molecule has 3 rings (SSSR count). The summed E-state index contributed by atoms with van der Waals surface area (Å²) < 4.78 is 1.82. The highest BCUT2D eigenvalue weighted by atomic mass is 32.2. The van der Waals surface area contributed by atoms with Gasteiger partial charge in [-0.15, -0.1) is 10.2 Å². The number of nitrogens with zero attached hydrogens (tertiary/aromatic N) is 4. The monoisotopic (exact) mass is 300 g/mol. The quantitative estimate of drug-likeness (QED) is 0.750. The fraction of sp³-hybridized carbons (Fsp3) is 0.267. The third-order valence-electron chi connectivity index (χ3n) is 3.35. The van der Waals surface area contributed by atoms with E-state index < -0.39 is 0 Å². The molecule has 6 heteroatoms. The number of benzene rings is 1. The second kappa shape index (κ2) is 5.83. The van der Waals surface area contributed by atoms with Gasteiger partial charge in [-0.1, -0.05) is 30.0 Å². The van der Waals surface area contributed by atoms with E-state index in [1.807, 2.05) is 36.7 Å². The molecule has 21 heavy (non-hydrogen) atoms. The molecule has 0 bridgehead atoms. The van der Waals surface area contributed by atoms with Gasteiger partial charge in [-0.05, 0) is 24.6 Å². The van der Waals surface area contributed by atoms with Gasteiger partial charge in [0.1, 0.15) is 6.61 Å². The number of aliphatic hydroxyl groups is 1. The van der Waals surface area contributed by atoms with E-state index in [0.717, 1.165) is 22.1 Å². The maximum absolute atomic E-state index is 9.15. The van der Waals surface area contributed by atoms with Crippen LogP contribution >= 0.6 is 11.8 Å². The van der Waals surface area contributed by atoms with Crippen molar-refractivity contribution < 1.29 is 5.11 Å². The molecule has 0 fully saturated rings. The number of rotatable bonds is 4. The third kappa shape index (κ3) is 2.77. The van der Waals surface area contributed by atoms with Crippen LogP contribution in [0.15, 0.2) is 35.5 Å². The van der Waals surface area contributed by atoms with Crippen molar-refractivity contribution in [3.05, 3.63) is 47.4 Å². The Morgan fingerprint density at radius 1 is 1.24 bits per heavy atom. The summed E-state index contributed by atoms with van der Waals surface area (Å²) in [6.45, 7) is 1.91. The average Bonchev–Trinajstić information content (AvgIpc) is 2.85. The van der Waals surface area contributed by atoms with Crippen LogP contribution in [0.4, 0.5) is 0 Å². The Balaban J connectivity index is 1.89. The van der Waals surface area contributed by atoms with E-state index in [1.54, 1.807) is 11.8 Å². The molecular formula is C15H16N4OS. The van der Waals surface area contributed by atoms with Gasteiger partial charge in [0, 0.05) is 23.9 Å². The first-order valence-corrected chi connectivity index (χ1v) is 7.65. The molecule has 1 aromatic carbocycles. The van der Waals surface area contributed by atoms with Crippen LogP contribution < -0.4 is 0 Å². The maximum atomic E-state index is 9.15. The Morgan fingerprint density at radius 3 is 2.81 bits per heavy atom. The van der Waals surface area contributed by atoms with Gasteiger partial charge in [0.15, 0.2) is 11.0 Å². The van der Waals surface area contributed by atoms with E-state index in [1.165, 1.54) is 10.9 Å². The second-order valence-corrected chi connectivity index (χ2v) is 5.79. The molecule has 5 nitrogen and oxygen atoms in total. The highest BCUT2D eigenvalue weighted by Crippen LogP contribution is 2.26. The molecule has 1 N–H and O–H groups in total. The number of thioether (sulfide) groups is 1. The normalized spacial score (nSPS) is 11.2. The lowest BCUT2D eigenvalue weighted by molar-refractivity contribution is 0.266. The summed E-state index contributed by atoms with van der Waals surface area (Å²) in [7, 11) is 1.86. The van der Waals surface area contributed by atoms with Crippen LogP contribution in [0.1, 0.15) is 17.1 Å². The van der Waals surface area contributed by atoms with Gasteiger partial charge < -0.3 is 9.67 Å². The van der Waals surface area contributed by atoms with E-state index in [2.05, 4.69) is 27.3 Å². The molecular weight excluding hydrogens is 284 g/mol. The van der Waals surface area contributed by atoms with Gasteiger partial charge in [-0.25, -0.2) is 0 Å². The van der Waals surface area contributed by atoms with E-state index >= 15 is 0 Å². The number of hydrogen-bond acceptors (Lipinski definition) is 5. The molecule has 0 radical (unpaired) electrons. The topological polar surface area (TPSA) is 63.8 Å². The number of pyridine rings is 1. The van der Waals surface area contributed by atoms with Crippen LogP contribution in [-0.4, -0.2) is 24.9 Å². The third-order valence-corrected chi connectivity index (χ3v) is 4.42. The van der Waals surface area contributed by atoms with Gasteiger partial charge in [-0.3, -0.25) is 4.98 Å². The lowest BCUT2D eigenvalue weighted by Crippen LogP contribution is -1.98. The summed E-state index contributed by atoms with van der Waals surface area (Å²) in [5.41, 5.74) is 3.26. The minimum Gasteiger partial charge on any atom is -0.388 e. The van der Waals surface area contributed by atoms with Crippen molar-refractivity contribution in [1.29, 1.82) is 0 Å². The Labute approximate surface area is 127 Å². The summed E-state index contributed by atoms with van der Waals surface area (Å²) in [4.78, 5) is 4.55. The Kier molecular flexibility index (Phi) is 3.90. The first-order valence-electron chi connectivity index (χ1n) is 6.66. The highest BCUT2D eigenvalue weighted by molar-refractivity contribution is 7.98. The van der Waals surface area contributed by atoms with Crippen LogP contribution in [0.25, 0.3) is 10.9 Å². The molecule has 0 spiro atoms. The molecule has 2 heterocycles. The molecule has 108 valence electrons. The Bertz CT molecular complexity index is 784. The maximum Gasteiger partial charge on any atom is 0.191 e. The zero-order valence-corrected chi connectivity index (χ0v) is 12.8. The van der Waals surface area contributed by atoms with Gasteiger partial charge in [-0.2, -0.15) is 0 Å². The molecule has 0 aliphatic carbocycles. The van der Waals surface area contributed by atoms with Crippen LogP contribution in [0.3, 0.4) is 0 Å². The predicted octanol–water partition coefficient (Wildman–Crippen LogP) is 2.46. The fourth-order valence-corrected chi connectivity index (χ4v) is 3.19. The lowest BCUT2D eigenvalue weighted by atomic mass is 10.1. The van der Waals surface area contributed by atoms with Crippen LogP contribution in [-0.2, 0) is 19.4 Å². The summed E-state index contributed by atoms with van der Waals surface area (Å²) in [5.74, 6) is 1.37. The van der Waals surface area contributed by atoms with Gasteiger partial charge in [0.2, 0.25) is 0 Å². The molecule has 2 aromatic heterocycles. The first kappa shape index (κ1) is 14.0. The summed E-state index contributed by atoms with van der Waals surface area (Å²) in [6.07, 6.45) is 0. The standard InChI is InChI=1S/C15H16N4OS/c1-10-7-11(12-5-3-4-6-13(12)16-10)9-21-15-18-17-14(8-20)19(15)2/h3-7,20H,8-9H2,1-2H3. The summed E-state index contributed by atoms with van der Waals surface area (Å²) >= 11 is 1.61. The van der Waals surface area contributed by atoms with Crippen molar-refractivity contribution >= 4 is 22.7 Å². The van der Waals surface area contributed by atoms with E-state index in [0.29, 0.717) is 5.82 Å². The number of aromatic nitrogens is 4. The SMILES string of the molecule is Cc1cc(CSc2nnc(CO)n2C)c2ccccc2n1. The largest absolute Gasteiger partial charge is 0.388 e. The van der Waals surface area contributed by atoms with E-state index in [4.69, 9.17) is 5.11 Å². The zero-order valence-electron chi connectivity index (χ0n) is 11.9. The van der Waals surface area contributed by atoms with Crippen LogP contribution in [0, 0.1) is 6.92 Å². The van der Waals surface area contributed by atoms with E-state index in [-0.39, 0.29) is 6.61 Å². The minimum atomic E-state index is -0.0959.